The quantitative estimate of drug-likeness (QED) is 0.396. The third kappa shape index (κ3) is 5.56. The van der Waals surface area contributed by atoms with Gasteiger partial charge in [0.2, 0.25) is 5.91 Å². The number of thiazole rings is 1. The van der Waals surface area contributed by atoms with E-state index in [0.29, 0.717) is 34.0 Å². The van der Waals surface area contributed by atoms with Crippen molar-refractivity contribution in [3.8, 4) is 27.6 Å². The Balaban J connectivity index is 1.76. The number of carbonyl (C=O) groups excluding carboxylic acids is 3. The van der Waals surface area contributed by atoms with Crippen molar-refractivity contribution >= 4 is 34.9 Å². The highest BCUT2D eigenvalue weighted by Gasteiger charge is 2.37. The number of benzene rings is 2. The summed E-state index contributed by atoms with van der Waals surface area (Å²) in [7, 11) is 4.17. The molecule has 2 aromatic carbocycles. The van der Waals surface area contributed by atoms with E-state index in [1.165, 1.54) is 32.5 Å². The second-order valence-electron chi connectivity index (χ2n) is 8.88. The van der Waals surface area contributed by atoms with E-state index in [9.17, 15) is 14.4 Å². The molecular formula is C29H29N3O6S. The van der Waals surface area contributed by atoms with Crippen LogP contribution < -0.4 is 15.4 Å². The minimum atomic E-state index is -0.688. The molecule has 0 spiro atoms. The second kappa shape index (κ2) is 11.5. The van der Waals surface area contributed by atoms with E-state index in [1.807, 2.05) is 41.8 Å². The summed E-state index contributed by atoms with van der Waals surface area (Å²) < 4.78 is 15.5. The maximum Gasteiger partial charge on any atom is 0.336 e. The molecule has 39 heavy (non-hydrogen) atoms. The van der Waals surface area contributed by atoms with E-state index in [4.69, 9.17) is 19.2 Å². The fraction of sp³-hybridized carbons (Fsp3) is 0.241. The van der Waals surface area contributed by atoms with E-state index < -0.39 is 17.9 Å². The van der Waals surface area contributed by atoms with E-state index >= 15 is 0 Å². The van der Waals surface area contributed by atoms with Gasteiger partial charge < -0.3 is 24.8 Å². The van der Waals surface area contributed by atoms with E-state index in [1.54, 1.807) is 27.0 Å². The topological polar surface area (TPSA) is 116 Å². The van der Waals surface area contributed by atoms with E-state index in [-0.39, 0.29) is 5.91 Å². The summed E-state index contributed by atoms with van der Waals surface area (Å²) in [6.45, 7) is 4.99. The van der Waals surface area contributed by atoms with Crippen LogP contribution in [-0.4, -0.2) is 44.2 Å². The first-order valence-electron chi connectivity index (χ1n) is 12.1. The minimum Gasteiger partial charge on any atom is -0.495 e. The van der Waals surface area contributed by atoms with Gasteiger partial charge in [-0.2, -0.15) is 0 Å². The van der Waals surface area contributed by atoms with Gasteiger partial charge in [0.15, 0.2) is 0 Å². The lowest BCUT2D eigenvalue weighted by molar-refractivity contribution is -0.137. The zero-order valence-corrected chi connectivity index (χ0v) is 23.3. The van der Waals surface area contributed by atoms with Gasteiger partial charge in [-0.05, 0) is 43.7 Å². The molecule has 1 aliphatic rings. The average molecular weight is 548 g/mol. The molecule has 10 heteroatoms. The maximum atomic E-state index is 12.8. The summed E-state index contributed by atoms with van der Waals surface area (Å²) >= 11 is 1.46. The molecule has 0 aliphatic carbocycles. The van der Waals surface area contributed by atoms with Crippen molar-refractivity contribution in [2.75, 3.05) is 26.6 Å². The fourth-order valence-corrected chi connectivity index (χ4v) is 5.46. The number of rotatable bonds is 7. The van der Waals surface area contributed by atoms with Crippen molar-refractivity contribution in [2.45, 2.75) is 26.7 Å². The number of dihydropyridines is 1. The van der Waals surface area contributed by atoms with Gasteiger partial charge in [0.1, 0.15) is 10.8 Å². The molecule has 0 unspecified atom stereocenters. The minimum absolute atomic E-state index is 0.203. The molecule has 0 radical (unpaired) electrons. The summed E-state index contributed by atoms with van der Waals surface area (Å²) in [5.41, 5.74) is 5.53. The van der Waals surface area contributed by atoms with Gasteiger partial charge in [-0.3, -0.25) is 4.79 Å². The van der Waals surface area contributed by atoms with Crippen LogP contribution in [0, 0.1) is 0 Å². The van der Waals surface area contributed by atoms with Crippen LogP contribution in [0.1, 0.15) is 32.3 Å². The van der Waals surface area contributed by atoms with Crippen LogP contribution in [-0.2, 0) is 23.9 Å². The first-order valence-corrected chi connectivity index (χ1v) is 12.9. The highest BCUT2D eigenvalue weighted by Crippen LogP contribution is 2.41. The van der Waals surface area contributed by atoms with Crippen LogP contribution in [0.5, 0.6) is 5.75 Å². The number of nitrogens with zero attached hydrogens (tertiary/aromatic N) is 1. The molecule has 202 valence electrons. The zero-order chi connectivity index (χ0) is 28.3. The Morgan fingerprint density at radius 2 is 1.59 bits per heavy atom. The van der Waals surface area contributed by atoms with Gasteiger partial charge in [0.05, 0.1) is 49.8 Å². The van der Waals surface area contributed by atoms with Crippen LogP contribution in [0.4, 0.5) is 5.69 Å². The maximum absolute atomic E-state index is 12.8. The molecule has 1 aromatic heterocycles. The Kier molecular flexibility index (Phi) is 8.15. The van der Waals surface area contributed by atoms with Crippen LogP contribution in [0.3, 0.4) is 0 Å². The van der Waals surface area contributed by atoms with Crippen molar-refractivity contribution in [3.63, 3.8) is 0 Å². The predicted octanol–water partition coefficient (Wildman–Crippen LogP) is 5.02. The normalized spacial score (nSPS) is 13.6. The average Bonchev–Trinajstić information content (AvgIpc) is 3.42. The number of amides is 1. The molecule has 0 fully saturated rings. The molecule has 0 saturated heterocycles. The number of esters is 2. The first kappa shape index (κ1) is 27.6. The molecule has 0 bridgehead atoms. The Labute approximate surface area is 230 Å². The molecule has 0 atom stereocenters. The van der Waals surface area contributed by atoms with E-state index in [0.717, 1.165) is 27.4 Å². The van der Waals surface area contributed by atoms with Crippen molar-refractivity contribution in [1.82, 2.24) is 10.3 Å². The number of aromatic nitrogens is 1. The van der Waals surface area contributed by atoms with Crippen molar-refractivity contribution in [3.05, 3.63) is 75.9 Å². The van der Waals surface area contributed by atoms with Crippen molar-refractivity contribution in [2.24, 2.45) is 0 Å². The predicted molar refractivity (Wildman–Crippen MR) is 149 cm³/mol. The molecule has 1 aliphatic heterocycles. The monoisotopic (exact) mass is 547 g/mol. The number of anilines is 1. The van der Waals surface area contributed by atoms with Gasteiger partial charge in [-0.15, -0.1) is 11.3 Å². The molecular weight excluding hydrogens is 518 g/mol. The summed E-state index contributed by atoms with van der Waals surface area (Å²) in [5.74, 6) is -1.41. The number of carbonyl (C=O) groups is 3. The summed E-state index contributed by atoms with van der Waals surface area (Å²) in [4.78, 5) is 42.1. The second-order valence-corrected chi connectivity index (χ2v) is 9.74. The largest absolute Gasteiger partial charge is 0.495 e. The van der Waals surface area contributed by atoms with Crippen LogP contribution in [0.15, 0.2) is 70.4 Å². The Hall–Kier alpha value is -4.44. The number of allylic oxidation sites excluding steroid dienone is 2. The van der Waals surface area contributed by atoms with Gasteiger partial charge in [0.25, 0.3) is 0 Å². The lowest BCUT2D eigenvalue weighted by atomic mass is 9.80. The van der Waals surface area contributed by atoms with Gasteiger partial charge in [-0.1, -0.05) is 18.2 Å². The highest BCUT2D eigenvalue weighted by atomic mass is 32.1. The van der Waals surface area contributed by atoms with Crippen LogP contribution in [0.25, 0.3) is 21.8 Å². The molecule has 3 aromatic rings. The number of methoxy groups -OCH3 is 3. The molecule has 1 amide bonds. The molecule has 0 saturated carbocycles. The number of ether oxygens (including phenoxy) is 3. The van der Waals surface area contributed by atoms with Crippen molar-refractivity contribution < 1.29 is 28.6 Å². The van der Waals surface area contributed by atoms with Gasteiger partial charge in [-0.25, -0.2) is 14.6 Å². The Morgan fingerprint density at radius 1 is 0.923 bits per heavy atom. The summed E-state index contributed by atoms with van der Waals surface area (Å²) in [5, 5.41) is 8.58. The fourth-order valence-electron chi connectivity index (χ4n) is 4.63. The molecule has 2 N–H and O–H groups in total. The van der Waals surface area contributed by atoms with E-state index in [2.05, 4.69) is 10.6 Å². The molecule has 9 nitrogen and oxygen atoms in total. The Morgan fingerprint density at radius 3 is 2.18 bits per heavy atom. The van der Waals surface area contributed by atoms with Crippen molar-refractivity contribution in [1.29, 1.82) is 0 Å². The third-order valence-corrected chi connectivity index (χ3v) is 7.24. The zero-order valence-electron chi connectivity index (χ0n) is 22.5. The highest BCUT2D eigenvalue weighted by molar-refractivity contribution is 7.13. The molecule has 4 rings (SSSR count). The van der Waals surface area contributed by atoms with Crippen LogP contribution >= 0.6 is 11.3 Å². The summed E-state index contributed by atoms with van der Waals surface area (Å²) in [6, 6.07) is 13.0. The number of hydrogen-bond acceptors (Lipinski definition) is 9. The summed E-state index contributed by atoms with van der Waals surface area (Å²) in [6.07, 6.45) is 0. The number of nitrogens with one attached hydrogen (secondary N) is 2. The third-order valence-electron chi connectivity index (χ3n) is 6.35. The van der Waals surface area contributed by atoms with Crippen LogP contribution in [0.2, 0.25) is 0 Å². The lowest BCUT2D eigenvalue weighted by Crippen LogP contribution is -2.32. The first-order chi connectivity index (χ1) is 18.7. The molecule has 2 heterocycles. The smallest absolute Gasteiger partial charge is 0.336 e. The Bertz CT molecular complexity index is 1480. The standard InChI is InChI=1S/C29H29N3O6S/c1-15-24(28(34)37-5)26(25(16(2)30-15)29(35)38-6)19-8-7-9-20(12-19)27-32-22(14-39-27)18-10-11-23(36-4)21(13-18)31-17(3)33/h7-14,26,30H,1-6H3,(H,31,33). The SMILES string of the molecule is COC(=O)C1=C(C)NC(C)=C(C(=O)OC)C1c1cccc(-c2nc(-c3ccc(OC)c(NC(C)=O)c3)cs2)c1. The number of hydrogen-bond donors (Lipinski definition) is 2. The lowest BCUT2D eigenvalue weighted by Gasteiger charge is -2.30. The van der Waals surface area contributed by atoms with Gasteiger partial charge in [0, 0.05) is 34.8 Å². The van der Waals surface area contributed by atoms with Gasteiger partial charge >= 0.3 is 11.9 Å².